The zero-order valence-corrected chi connectivity index (χ0v) is 21.0. The van der Waals surface area contributed by atoms with Crippen LogP contribution in [0.25, 0.3) is 28.1 Å². The molecule has 10 heteroatoms. The van der Waals surface area contributed by atoms with Gasteiger partial charge in [-0.2, -0.15) is 4.98 Å². The number of hydrogen-bond acceptors (Lipinski definition) is 6. The maximum Gasteiger partial charge on any atom is 0.249 e. The molecule has 6 rings (SSSR count). The average molecular weight is 520 g/mol. The first kappa shape index (κ1) is 23.7. The predicted molar refractivity (Wildman–Crippen MR) is 137 cm³/mol. The lowest BCUT2D eigenvalue weighted by Crippen LogP contribution is -2.51. The number of nitrogens with one attached hydrogen (secondary N) is 2. The number of nitrogens with zero attached hydrogens (tertiary/aromatic N) is 3. The van der Waals surface area contributed by atoms with E-state index >= 15 is 0 Å². The van der Waals surface area contributed by atoms with Crippen LogP contribution in [-0.4, -0.2) is 44.8 Å². The van der Waals surface area contributed by atoms with Gasteiger partial charge in [0.1, 0.15) is 17.3 Å². The predicted octanol–water partition coefficient (Wildman–Crippen LogP) is 4.09. The minimum atomic E-state index is -0.818. The van der Waals surface area contributed by atoms with Gasteiger partial charge in [-0.25, -0.2) is 0 Å². The molecule has 37 heavy (non-hydrogen) atoms. The number of aryl methyl sites for hydroxylation is 1. The van der Waals surface area contributed by atoms with Gasteiger partial charge in [0.05, 0.1) is 10.5 Å². The molecule has 2 aromatic heterocycles. The molecule has 2 amide bonds. The Labute approximate surface area is 218 Å². The van der Waals surface area contributed by atoms with Crippen LogP contribution in [-0.2, 0) is 20.9 Å². The Hall–Kier alpha value is -3.69. The SMILES string of the molecule is Cc1nc(-c2c(Cl)c3ccccc3n2-c2ccc(CNC(=O)C3(NC(=O)C4CCCO4)CC3)cc2)no1. The summed E-state index contributed by atoms with van der Waals surface area (Å²) in [5, 5.41) is 11.4. The van der Waals surface area contributed by atoms with Gasteiger partial charge in [0.2, 0.25) is 23.5 Å². The summed E-state index contributed by atoms with van der Waals surface area (Å²) in [4.78, 5) is 29.7. The molecule has 0 spiro atoms. The maximum atomic E-state index is 12.9. The monoisotopic (exact) mass is 519 g/mol. The number of carbonyl (C=O) groups is 2. The van der Waals surface area contributed by atoms with Gasteiger partial charge in [-0.3, -0.25) is 9.59 Å². The molecule has 0 bridgehead atoms. The summed E-state index contributed by atoms with van der Waals surface area (Å²) in [7, 11) is 0. The molecule has 2 N–H and O–H groups in total. The van der Waals surface area contributed by atoms with Crippen LogP contribution in [0, 0.1) is 6.92 Å². The molecular weight excluding hydrogens is 494 g/mol. The van der Waals surface area contributed by atoms with Gasteiger partial charge in [-0.1, -0.05) is 47.1 Å². The number of rotatable bonds is 7. The van der Waals surface area contributed by atoms with E-state index in [2.05, 4.69) is 20.8 Å². The number of hydrogen-bond donors (Lipinski definition) is 2. The minimum absolute atomic E-state index is 0.166. The van der Waals surface area contributed by atoms with E-state index in [1.165, 1.54) is 0 Å². The number of benzene rings is 2. The Kier molecular flexibility index (Phi) is 5.97. The summed E-state index contributed by atoms with van der Waals surface area (Å²) in [6, 6.07) is 15.7. The van der Waals surface area contributed by atoms with Gasteiger partial charge in [0.15, 0.2) is 0 Å². The normalized spacial score (nSPS) is 18.2. The molecule has 9 nitrogen and oxygen atoms in total. The Morgan fingerprint density at radius 3 is 2.62 bits per heavy atom. The van der Waals surface area contributed by atoms with Gasteiger partial charge in [-0.05, 0) is 49.4 Å². The highest BCUT2D eigenvalue weighted by atomic mass is 35.5. The van der Waals surface area contributed by atoms with Crippen LogP contribution in [0.15, 0.2) is 53.1 Å². The number of para-hydroxylation sites is 1. The lowest BCUT2D eigenvalue weighted by Gasteiger charge is -2.19. The lowest BCUT2D eigenvalue weighted by molar-refractivity contribution is -0.135. The number of aromatic nitrogens is 3. The summed E-state index contributed by atoms with van der Waals surface area (Å²) >= 11 is 6.77. The molecule has 190 valence electrons. The van der Waals surface area contributed by atoms with E-state index in [1.807, 2.05) is 53.1 Å². The van der Waals surface area contributed by atoms with Gasteiger partial charge in [0, 0.05) is 31.1 Å². The largest absolute Gasteiger partial charge is 0.368 e. The van der Waals surface area contributed by atoms with Gasteiger partial charge in [-0.15, -0.1) is 0 Å². The molecule has 1 atom stereocenters. The average Bonchev–Trinajstić information content (AvgIpc) is 3.25. The molecule has 2 aromatic carbocycles. The molecule has 2 fully saturated rings. The summed E-state index contributed by atoms with van der Waals surface area (Å²) in [5.41, 5.74) is 2.56. The Balaban J connectivity index is 1.20. The molecular formula is C27H26ClN5O4. The number of halogens is 1. The van der Waals surface area contributed by atoms with Crippen molar-refractivity contribution in [3.05, 3.63) is 65.0 Å². The van der Waals surface area contributed by atoms with Crippen molar-refractivity contribution in [1.29, 1.82) is 0 Å². The summed E-state index contributed by atoms with van der Waals surface area (Å²) in [6.07, 6.45) is 2.39. The van der Waals surface area contributed by atoms with Crippen molar-refractivity contribution < 1.29 is 18.8 Å². The van der Waals surface area contributed by atoms with Crippen molar-refractivity contribution >= 4 is 34.3 Å². The standard InChI is InChI=1S/C27H26ClN5O4/c1-16-30-24(32-37-16)23-22(28)19-5-2-3-6-20(19)33(23)18-10-8-17(9-11-18)15-29-26(35)27(12-13-27)31-25(34)21-7-4-14-36-21/h2-3,5-6,8-11,21H,4,7,12-15H2,1H3,(H,29,35)(H,31,34). The summed E-state index contributed by atoms with van der Waals surface area (Å²) in [6.45, 7) is 2.68. The number of ether oxygens (including phenoxy) is 1. The van der Waals surface area contributed by atoms with Crippen molar-refractivity contribution in [1.82, 2.24) is 25.3 Å². The number of carbonyl (C=O) groups excluding carboxylic acids is 2. The van der Waals surface area contributed by atoms with Crippen LogP contribution in [0.3, 0.4) is 0 Å². The zero-order valence-electron chi connectivity index (χ0n) is 20.3. The Morgan fingerprint density at radius 1 is 1.16 bits per heavy atom. The van der Waals surface area contributed by atoms with Crippen LogP contribution in [0.4, 0.5) is 0 Å². The second-order valence-electron chi connectivity index (χ2n) is 9.57. The molecule has 3 heterocycles. The lowest BCUT2D eigenvalue weighted by atomic mass is 10.1. The molecule has 0 radical (unpaired) electrons. The fourth-order valence-electron chi connectivity index (χ4n) is 4.81. The van der Waals surface area contributed by atoms with E-state index < -0.39 is 11.6 Å². The minimum Gasteiger partial charge on any atom is -0.368 e. The fraction of sp³-hybridized carbons (Fsp3) is 0.333. The fourth-order valence-corrected chi connectivity index (χ4v) is 5.14. The van der Waals surface area contributed by atoms with Crippen LogP contribution in [0.5, 0.6) is 0 Å². The summed E-state index contributed by atoms with van der Waals surface area (Å²) < 4.78 is 12.7. The van der Waals surface area contributed by atoms with Gasteiger partial charge in [0.25, 0.3) is 0 Å². The van der Waals surface area contributed by atoms with Gasteiger partial charge >= 0.3 is 0 Å². The van der Waals surface area contributed by atoms with Crippen LogP contribution in [0.2, 0.25) is 5.02 Å². The highest BCUT2D eigenvalue weighted by Crippen LogP contribution is 2.39. The van der Waals surface area contributed by atoms with Gasteiger partial charge < -0.3 is 24.5 Å². The molecule has 1 unspecified atom stereocenters. The zero-order chi connectivity index (χ0) is 25.6. The van der Waals surface area contributed by atoms with Crippen molar-refractivity contribution in [2.45, 2.75) is 50.8 Å². The second kappa shape index (κ2) is 9.32. The van der Waals surface area contributed by atoms with E-state index in [0.29, 0.717) is 54.8 Å². The van der Waals surface area contributed by atoms with Crippen molar-refractivity contribution in [2.24, 2.45) is 0 Å². The Morgan fingerprint density at radius 2 is 1.95 bits per heavy atom. The molecule has 1 saturated carbocycles. The Bertz CT molecular complexity index is 1480. The van der Waals surface area contributed by atoms with E-state index in [-0.39, 0.29) is 11.8 Å². The molecule has 1 saturated heterocycles. The second-order valence-corrected chi connectivity index (χ2v) is 9.95. The molecule has 1 aliphatic carbocycles. The molecule has 1 aliphatic heterocycles. The van der Waals surface area contributed by atoms with E-state index in [0.717, 1.165) is 28.6 Å². The van der Waals surface area contributed by atoms with E-state index in [4.69, 9.17) is 20.9 Å². The highest BCUT2D eigenvalue weighted by Gasteiger charge is 2.51. The number of fused-ring (bicyclic) bond motifs is 1. The first-order valence-corrected chi connectivity index (χ1v) is 12.7. The molecule has 2 aliphatic rings. The van der Waals surface area contributed by atoms with Crippen molar-refractivity contribution in [2.75, 3.05) is 6.61 Å². The van der Waals surface area contributed by atoms with E-state index in [9.17, 15) is 9.59 Å². The van der Waals surface area contributed by atoms with Crippen molar-refractivity contribution in [3.63, 3.8) is 0 Å². The third kappa shape index (κ3) is 4.38. The van der Waals surface area contributed by atoms with Crippen LogP contribution in [0.1, 0.15) is 37.1 Å². The summed E-state index contributed by atoms with van der Waals surface area (Å²) in [5.74, 6) is 0.504. The molecule has 4 aromatic rings. The third-order valence-electron chi connectivity index (χ3n) is 6.97. The first-order chi connectivity index (χ1) is 17.9. The van der Waals surface area contributed by atoms with Crippen molar-refractivity contribution in [3.8, 4) is 17.2 Å². The maximum absolute atomic E-state index is 12.9. The van der Waals surface area contributed by atoms with Crippen LogP contribution < -0.4 is 10.6 Å². The quantitative estimate of drug-likeness (QED) is 0.380. The van der Waals surface area contributed by atoms with Crippen LogP contribution >= 0.6 is 11.6 Å². The van der Waals surface area contributed by atoms with E-state index in [1.54, 1.807) is 6.92 Å². The number of amides is 2. The smallest absolute Gasteiger partial charge is 0.249 e. The highest BCUT2D eigenvalue weighted by molar-refractivity contribution is 6.38. The topological polar surface area (TPSA) is 111 Å². The first-order valence-electron chi connectivity index (χ1n) is 12.4. The third-order valence-corrected chi connectivity index (χ3v) is 7.35.